The molecule has 1 heterocycles. The zero-order valence-electron chi connectivity index (χ0n) is 9.59. The van der Waals surface area contributed by atoms with E-state index in [0.29, 0.717) is 6.54 Å². The van der Waals surface area contributed by atoms with E-state index >= 15 is 0 Å². The van der Waals surface area contributed by atoms with Crippen LogP contribution in [0, 0.1) is 0 Å². The summed E-state index contributed by atoms with van der Waals surface area (Å²) in [7, 11) is 2.03. The summed E-state index contributed by atoms with van der Waals surface area (Å²) in [6.45, 7) is 2.71. The summed E-state index contributed by atoms with van der Waals surface area (Å²) >= 11 is 0. The average Bonchev–Trinajstić information content (AvgIpc) is 2.36. The summed E-state index contributed by atoms with van der Waals surface area (Å²) in [4.78, 5) is 2.14. The van der Waals surface area contributed by atoms with E-state index in [1.807, 2.05) is 25.2 Å². The van der Waals surface area contributed by atoms with Crippen molar-refractivity contribution in [3.05, 3.63) is 30.5 Å². The van der Waals surface area contributed by atoms with Crippen molar-refractivity contribution in [1.82, 2.24) is 10.2 Å². The van der Waals surface area contributed by atoms with E-state index in [9.17, 15) is 0 Å². The number of fused-ring (bicyclic) bond motifs is 1. The largest absolute Gasteiger partial charge is 0.369 e. The van der Waals surface area contributed by atoms with Gasteiger partial charge in [0, 0.05) is 25.0 Å². The van der Waals surface area contributed by atoms with E-state index in [1.165, 1.54) is 0 Å². The number of hydrogen-bond donors (Lipinski definition) is 1. The molecule has 4 heteroatoms. The van der Waals surface area contributed by atoms with E-state index in [4.69, 9.17) is 5.73 Å². The molecule has 1 atom stereocenters. The lowest BCUT2D eigenvalue weighted by Gasteiger charge is -2.26. The van der Waals surface area contributed by atoms with Gasteiger partial charge in [0.2, 0.25) is 0 Å². The molecule has 16 heavy (non-hydrogen) atoms. The number of rotatable bonds is 3. The standard InChI is InChI=1S/C12H16N4/c1-9(7-13)16(2)12-8-14-15-11-6-4-3-5-10(11)12/h3-6,8-9H,7,13H2,1-2H3. The first-order chi connectivity index (χ1) is 7.74. The fourth-order valence-corrected chi connectivity index (χ4v) is 1.67. The molecule has 1 aromatic carbocycles. The molecule has 0 saturated carbocycles. The van der Waals surface area contributed by atoms with Crippen molar-refractivity contribution in [2.75, 3.05) is 18.5 Å². The fraction of sp³-hybridized carbons (Fsp3) is 0.333. The molecular weight excluding hydrogens is 200 g/mol. The first-order valence-electron chi connectivity index (χ1n) is 5.37. The van der Waals surface area contributed by atoms with Crippen LogP contribution in [0.2, 0.25) is 0 Å². The van der Waals surface area contributed by atoms with Gasteiger partial charge < -0.3 is 10.6 Å². The Balaban J connectivity index is 2.52. The summed E-state index contributed by atoms with van der Waals surface area (Å²) < 4.78 is 0. The summed E-state index contributed by atoms with van der Waals surface area (Å²) in [5, 5.41) is 9.23. The smallest absolute Gasteiger partial charge is 0.0950 e. The number of anilines is 1. The second-order valence-corrected chi connectivity index (χ2v) is 3.94. The van der Waals surface area contributed by atoms with E-state index in [2.05, 4.69) is 28.1 Å². The molecule has 84 valence electrons. The molecule has 0 spiro atoms. The Morgan fingerprint density at radius 1 is 1.38 bits per heavy atom. The van der Waals surface area contributed by atoms with Crippen LogP contribution < -0.4 is 10.6 Å². The minimum Gasteiger partial charge on any atom is -0.369 e. The van der Waals surface area contributed by atoms with Gasteiger partial charge >= 0.3 is 0 Å². The SMILES string of the molecule is CC(CN)N(C)c1cnnc2ccccc12. The molecule has 0 saturated heterocycles. The Labute approximate surface area is 95.1 Å². The van der Waals surface area contributed by atoms with Crippen molar-refractivity contribution in [2.45, 2.75) is 13.0 Å². The third-order valence-electron chi connectivity index (χ3n) is 2.91. The zero-order valence-corrected chi connectivity index (χ0v) is 9.59. The quantitative estimate of drug-likeness (QED) is 0.843. The van der Waals surface area contributed by atoms with E-state index in [-0.39, 0.29) is 6.04 Å². The maximum atomic E-state index is 5.68. The maximum absolute atomic E-state index is 5.68. The molecule has 2 aromatic rings. The van der Waals surface area contributed by atoms with Crippen LogP contribution >= 0.6 is 0 Å². The zero-order chi connectivity index (χ0) is 11.5. The predicted octanol–water partition coefficient (Wildman–Crippen LogP) is 1.41. The molecule has 2 rings (SSSR count). The number of likely N-dealkylation sites (N-methyl/N-ethyl adjacent to an activating group) is 1. The highest BCUT2D eigenvalue weighted by Gasteiger charge is 2.11. The lowest BCUT2D eigenvalue weighted by Crippen LogP contribution is -2.35. The van der Waals surface area contributed by atoms with Gasteiger partial charge in [0.1, 0.15) is 0 Å². The van der Waals surface area contributed by atoms with Crippen LogP contribution in [-0.4, -0.2) is 29.8 Å². The average molecular weight is 216 g/mol. The van der Waals surface area contributed by atoms with Crippen molar-refractivity contribution < 1.29 is 0 Å². The molecule has 0 amide bonds. The molecule has 0 aliphatic carbocycles. The Hall–Kier alpha value is -1.68. The number of benzene rings is 1. The van der Waals surface area contributed by atoms with Crippen LogP contribution in [0.1, 0.15) is 6.92 Å². The molecule has 0 aliphatic heterocycles. The Bertz CT molecular complexity index is 478. The molecule has 0 fully saturated rings. The molecule has 2 N–H and O–H groups in total. The van der Waals surface area contributed by atoms with Crippen molar-refractivity contribution in [2.24, 2.45) is 5.73 Å². The van der Waals surface area contributed by atoms with Crippen molar-refractivity contribution in [1.29, 1.82) is 0 Å². The first kappa shape index (κ1) is 10.8. The topological polar surface area (TPSA) is 55.0 Å². The predicted molar refractivity (Wildman–Crippen MR) is 66.5 cm³/mol. The van der Waals surface area contributed by atoms with E-state index in [1.54, 1.807) is 6.20 Å². The van der Waals surface area contributed by atoms with Gasteiger partial charge in [0.25, 0.3) is 0 Å². The highest BCUT2D eigenvalue weighted by Crippen LogP contribution is 2.23. The van der Waals surface area contributed by atoms with E-state index in [0.717, 1.165) is 16.6 Å². The second kappa shape index (κ2) is 4.45. The van der Waals surface area contributed by atoms with Gasteiger partial charge in [-0.15, -0.1) is 0 Å². The van der Waals surface area contributed by atoms with Crippen molar-refractivity contribution >= 4 is 16.6 Å². The van der Waals surface area contributed by atoms with Crippen molar-refractivity contribution in [3.63, 3.8) is 0 Å². The van der Waals surface area contributed by atoms with Gasteiger partial charge in [-0.2, -0.15) is 10.2 Å². The Kier molecular flexibility index (Phi) is 3.01. The molecule has 1 aromatic heterocycles. The molecule has 0 aliphatic rings. The van der Waals surface area contributed by atoms with Crippen LogP contribution in [0.4, 0.5) is 5.69 Å². The normalized spacial score (nSPS) is 12.7. The summed E-state index contributed by atoms with van der Waals surface area (Å²) in [5.74, 6) is 0. The lowest BCUT2D eigenvalue weighted by molar-refractivity contribution is 0.695. The fourth-order valence-electron chi connectivity index (χ4n) is 1.67. The van der Waals surface area contributed by atoms with E-state index < -0.39 is 0 Å². The molecule has 1 unspecified atom stereocenters. The number of nitrogens with two attached hydrogens (primary N) is 1. The maximum Gasteiger partial charge on any atom is 0.0950 e. The Morgan fingerprint density at radius 2 is 2.12 bits per heavy atom. The highest BCUT2D eigenvalue weighted by atomic mass is 15.2. The van der Waals surface area contributed by atoms with Gasteiger partial charge in [-0.1, -0.05) is 18.2 Å². The molecule has 0 radical (unpaired) electrons. The summed E-state index contributed by atoms with van der Waals surface area (Å²) in [6, 6.07) is 8.28. The van der Waals surface area contributed by atoms with Gasteiger partial charge in [0.15, 0.2) is 0 Å². The number of aromatic nitrogens is 2. The van der Waals surface area contributed by atoms with Gasteiger partial charge in [-0.3, -0.25) is 0 Å². The van der Waals surface area contributed by atoms with Gasteiger partial charge in [0.05, 0.1) is 17.4 Å². The number of nitrogens with zero attached hydrogens (tertiary/aromatic N) is 3. The van der Waals surface area contributed by atoms with Crippen LogP contribution in [0.15, 0.2) is 30.5 Å². The molecular formula is C12H16N4. The van der Waals surface area contributed by atoms with Crippen molar-refractivity contribution in [3.8, 4) is 0 Å². The molecule has 4 nitrogen and oxygen atoms in total. The third kappa shape index (κ3) is 1.84. The number of hydrogen-bond acceptors (Lipinski definition) is 4. The summed E-state index contributed by atoms with van der Waals surface area (Å²) in [5.41, 5.74) is 7.66. The minimum absolute atomic E-state index is 0.285. The first-order valence-corrected chi connectivity index (χ1v) is 5.37. The third-order valence-corrected chi connectivity index (χ3v) is 2.91. The second-order valence-electron chi connectivity index (χ2n) is 3.94. The Morgan fingerprint density at radius 3 is 2.88 bits per heavy atom. The van der Waals surface area contributed by atoms with Crippen LogP contribution in [0.25, 0.3) is 10.9 Å². The van der Waals surface area contributed by atoms with Crippen LogP contribution in [-0.2, 0) is 0 Å². The lowest BCUT2D eigenvalue weighted by atomic mass is 10.2. The van der Waals surface area contributed by atoms with Crippen LogP contribution in [0.3, 0.4) is 0 Å². The highest BCUT2D eigenvalue weighted by molar-refractivity contribution is 5.90. The minimum atomic E-state index is 0.285. The monoisotopic (exact) mass is 216 g/mol. The molecule has 0 bridgehead atoms. The van der Waals surface area contributed by atoms with Gasteiger partial charge in [-0.05, 0) is 13.0 Å². The van der Waals surface area contributed by atoms with Crippen LogP contribution in [0.5, 0.6) is 0 Å². The van der Waals surface area contributed by atoms with Gasteiger partial charge in [-0.25, -0.2) is 0 Å². The summed E-state index contributed by atoms with van der Waals surface area (Å²) in [6.07, 6.45) is 1.79.